The number of rotatable bonds is 11. The van der Waals surface area contributed by atoms with Gasteiger partial charge < -0.3 is 15.2 Å². The summed E-state index contributed by atoms with van der Waals surface area (Å²) in [6.45, 7) is 0. The lowest BCUT2D eigenvalue weighted by molar-refractivity contribution is -0.143. The first-order chi connectivity index (χ1) is 23.9. The number of anilines is 2. The van der Waals surface area contributed by atoms with Gasteiger partial charge in [-0.2, -0.15) is 0 Å². The summed E-state index contributed by atoms with van der Waals surface area (Å²) in [4.78, 5) is 50.4. The molecule has 4 N–H and O–H groups in total. The van der Waals surface area contributed by atoms with Gasteiger partial charge in [0.15, 0.2) is 11.5 Å². The number of aromatic carboxylic acids is 1. The number of benzene rings is 4. The third kappa shape index (κ3) is 6.83. The van der Waals surface area contributed by atoms with Crippen LogP contribution in [0.3, 0.4) is 0 Å². The standard InChI is InChI=1S/C38H32N6O5/c1-49-36(47)31(44-38(26-12-5-2-6-13-26,27-14-7-3-8-15-27)28-16-9-4-10-17-28)24-25-19-20-30(32-29(25)18-11-21-39-32)42-37(48)43-34-33(35(45)46)40-22-23-41-34/h2-23,31,44H,24H2,1H3,(H,45,46)(H2,41,42,43,48)/t31-/m0/s1. The highest BCUT2D eigenvalue weighted by Crippen LogP contribution is 2.38. The summed E-state index contributed by atoms with van der Waals surface area (Å²) in [5.74, 6) is -1.99. The number of nitrogens with zero attached hydrogens (tertiary/aromatic N) is 3. The van der Waals surface area contributed by atoms with E-state index in [9.17, 15) is 19.5 Å². The summed E-state index contributed by atoms with van der Waals surface area (Å²) in [7, 11) is 1.37. The van der Waals surface area contributed by atoms with E-state index in [0.717, 1.165) is 22.3 Å². The molecule has 6 rings (SSSR count). The molecule has 0 saturated carbocycles. The average molecular weight is 653 g/mol. The highest BCUT2D eigenvalue weighted by Gasteiger charge is 2.40. The summed E-state index contributed by atoms with van der Waals surface area (Å²) >= 11 is 0. The van der Waals surface area contributed by atoms with Crippen molar-refractivity contribution in [2.75, 3.05) is 17.7 Å². The number of aromatic nitrogens is 3. The monoisotopic (exact) mass is 652 g/mol. The van der Waals surface area contributed by atoms with Crippen LogP contribution in [0.25, 0.3) is 10.9 Å². The molecule has 0 aliphatic heterocycles. The summed E-state index contributed by atoms with van der Waals surface area (Å²) in [6.07, 6.45) is 4.32. The minimum absolute atomic E-state index is 0.202. The van der Waals surface area contributed by atoms with Crippen molar-refractivity contribution in [2.45, 2.75) is 18.0 Å². The lowest BCUT2D eigenvalue weighted by Gasteiger charge is -2.39. The highest BCUT2D eigenvalue weighted by atomic mass is 16.5. The molecule has 2 amide bonds. The molecule has 0 spiro atoms. The van der Waals surface area contributed by atoms with Crippen LogP contribution < -0.4 is 16.0 Å². The third-order valence-corrected chi connectivity index (χ3v) is 8.16. The molecule has 0 aliphatic rings. The molecular weight excluding hydrogens is 620 g/mol. The molecular formula is C38H32N6O5. The Morgan fingerprint density at radius 2 is 1.31 bits per heavy atom. The van der Waals surface area contributed by atoms with Gasteiger partial charge in [0.1, 0.15) is 6.04 Å². The number of carbonyl (C=O) groups is 3. The van der Waals surface area contributed by atoms with E-state index in [4.69, 9.17) is 4.74 Å². The third-order valence-electron chi connectivity index (χ3n) is 8.16. The van der Waals surface area contributed by atoms with E-state index in [0.29, 0.717) is 16.6 Å². The fourth-order valence-electron chi connectivity index (χ4n) is 5.99. The first-order valence-electron chi connectivity index (χ1n) is 15.4. The fourth-order valence-corrected chi connectivity index (χ4v) is 5.99. The lowest BCUT2D eigenvalue weighted by Crippen LogP contribution is -2.53. The van der Waals surface area contributed by atoms with Gasteiger partial charge >= 0.3 is 18.0 Å². The molecule has 1 atom stereocenters. The van der Waals surface area contributed by atoms with E-state index in [1.165, 1.54) is 19.5 Å². The zero-order chi connectivity index (χ0) is 34.2. The van der Waals surface area contributed by atoms with Gasteiger partial charge in [-0.25, -0.2) is 19.6 Å². The number of methoxy groups -OCH3 is 1. The Bertz CT molecular complexity index is 2000. The molecule has 4 aromatic carbocycles. The molecule has 0 unspecified atom stereocenters. The highest BCUT2D eigenvalue weighted by molar-refractivity contribution is 6.07. The smallest absolute Gasteiger partial charge is 0.358 e. The second-order valence-electron chi connectivity index (χ2n) is 11.1. The van der Waals surface area contributed by atoms with Crippen molar-refractivity contribution in [1.29, 1.82) is 0 Å². The number of carboxylic acid groups (broad SMARTS) is 1. The van der Waals surface area contributed by atoms with Crippen molar-refractivity contribution in [2.24, 2.45) is 0 Å². The number of hydrogen-bond donors (Lipinski definition) is 4. The fraction of sp³-hybridized carbons (Fsp3) is 0.105. The van der Waals surface area contributed by atoms with Crippen LogP contribution in [0.5, 0.6) is 0 Å². The molecule has 0 saturated heterocycles. The number of carbonyl (C=O) groups excluding carboxylic acids is 2. The normalized spacial score (nSPS) is 11.8. The number of ether oxygens (including phenoxy) is 1. The van der Waals surface area contributed by atoms with Crippen molar-refractivity contribution in [3.63, 3.8) is 0 Å². The van der Waals surface area contributed by atoms with Gasteiger partial charge in [-0.05, 0) is 40.8 Å². The number of esters is 1. The number of urea groups is 1. The molecule has 2 heterocycles. The minimum atomic E-state index is -1.33. The molecule has 11 heteroatoms. The number of fused-ring (bicyclic) bond motifs is 1. The van der Waals surface area contributed by atoms with Gasteiger partial charge in [-0.1, -0.05) is 103 Å². The van der Waals surface area contributed by atoms with Gasteiger partial charge in [0.2, 0.25) is 0 Å². The van der Waals surface area contributed by atoms with Crippen molar-refractivity contribution in [3.8, 4) is 0 Å². The van der Waals surface area contributed by atoms with Crippen molar-refractivity contribution < 1.29 is 24.2 Å². The molecule has 0 radical (unpaired) electrons. The maximum absolute atomic E-state index is 13.7. The van der Waals surface area contributed by atoms with Gasteiger partial charge in [0.25, 0.3) is 0 Å². The number of pyridine rings is 1. The van der Waals surface area contributed by atoms with E-state index in [1.54, 1.807) is 18.3 Å². The van der Waals surface area contributed by atoms with Crippen LogP contribution in [-0.2, 0) is 21.5 Å². The second kappa shape index (κ2) is 14.5. The zero-order valence-corrected chi connectivity index (χ0v) is 26.4. The summed E-state index contributed by atoms with van der Waals surface area (Å²) in [5.41, 5.74) is 3.10. The van der Waals surface area contributed by atoms with E-state index in [2.05, 4.69) is 30.9 Å². The summed E-state index contributed by atoms with van der Waals surface area (Å²) in [5, 5.41) is 19.0. The molecule has 0 fully saturated rings. The molecule has 0 bridgehead atoms. The zero-order valence-electron chi connectivity index (χ0n) is 26.4. The van der Waals surface area contributed by atoms with Crippen molar-refractivity contribution >= 4 is 40.4 Å². The lowest BCUT2D eigenvalue weighted by atomic mass is 9.76. The van der Waals surface area contributed by atoms with Gasteiger partial charge in [0.05, 0.1) is 23.9 Å². The summed E-state index contributed by atoms with van der Waals surface area (Å²) in [6, 6.07) is 35.5. The summed E-state index contributed by atoms with van der Waals surface area (Å²) < 4.78 is 5.37. The first kappa shape index (κ1) is 32.5. The SMILES string of the molecule is COC(=O)[C@H](Cc1ccc(NC(=O)Nc2nccnc2C(=O)O)c2ncccc12)NC(c1ccccc1)(c1ccccc1)c1ccccc1. The van der Waals surface area contributed by atoms with E-state index in [-0.39, 0.29) is 12.2 Å². The van der Waals surface area contributed by atoms with Crippen molar-refractivity contribution in [3.05, 3.63) is 162 Å². The Balaban J connectivity index is 1.38. The van der Waals surface area contributed by atoms with Crippen LogP contribution in [0.2, 0.25) is 0 Å². The van der Waals surface area contributed by atoms with E-state index >= 15 is 0 Å². The maximum atomic E-state index is 13.7. The van der Waals surface area contributed by atoms with Crippen LogP contribution in [0.4, 0.5) is 16.3 Å². The Labute approximate surface area is 282 Å². The number of carboxylic acids is 1. The van der Waals surface area contributed by atoms with E-state index in [1.807, 2.05) is 103 Å². The second-order valence-corrected chi connectivity index (χ2v) is 11.1. The minimum Gasteiger partial charge on any atom is -0.476 e. The molecule has 6 aromatic rings. The number of hydrogen-bond acceptors (Lipinski definition) is 8. The van der Waals surface area contributed by atoms with Crippen molar-refractivity contribution in [1.82, 2.24) is 20.3 Å². The Morgan fingerprint density at radius 1 is 0.714 bits per heavy atom. The predicted molar refractivity (Wildman–Crippen MR) is 185 cm³/mol. The predicted octanol–water partition coefficient (Wildman–Crippen LogP) is 6.03. The molecule has 0 aliphatic carbocycles. The number of nitrogens with one attached hydrogen (secondary N) is 3. The van der Waals surface area contributed by atoms with Crippen LogP contribution in [0.1, 0.15) is 32.7 Å². The van der Waals surface area contributed by atoms with Gasteiger partial charge in [0, 0.05) is 24.0 Å². The quantitative estimate of drug-likeness (QED) is 0.0969. The molecule has 11 nitrogen and oxygen atoms in total. The van der Waals surface area contributed by atoms with Gasteiger partial charge in [-0.3, -0.25) is 20.4 Å². The van der Waals surface area contributed by atoms with Crippen LogP contribution in [0, 0.1) is 0 Å². The van der Waals surface area contributed by atoms with Gasteiger partial charge in [-0.15, -0.1) is 0 Å². The largest absolute Gasteiger partial charge is 0.476 e. The first-order valence-corrected chi connectivity index (χ1v) is 15.4. The average Bonchev–Trinajstić information content (AvgIpc) is 3.15. The Kier molecular flexibility index (Phi) is 9.63. The van der Waals surface area contributed by atoms with Crippen LogP contribution in [-0.4, -0.2) is 51.2 Å². The number of amides is 2. The molecule has 244 valence electrons. The maximum Gasteiger partial charge on any atom is 0.358 e. The van der Waals surface area contributed by atoms with Crippen LogP contribution >= 0.6 is 0 Å². The van der Waals surface area contributed by atoms with Crippen LogP contribution in [0.15, 0.2) is 134 Å². The molecule has 49 heavy (non-hydrogen) atoms. The molecule has 2 aromatic heterocycles. The topological polar surface area (TPSA) is 155 Å². The van der Waals surface area contributed by atoms with E-state index < -0.39 is 35.2 Å². The Morgan fingerprint density at radius 3 is 1.88 bits per heavy atom. The Hall–Kier alpha value is -6.46.